The number of hydrogen-bond acceptors (Lipinski definition) is 4. The monoisotopic (exact) mass is 379 g/mol. The summed E-state index contributed by atoms with van der Waals surface area (Å²) in [7, 11) is 0. The Morgan fingerprint density at radius 2 is 0.828 bits per heavy atom. The van der Waals surface area contributed by atoms with Crippen molar-refractivity contribution in [1.29, 1.82) is 0 Å². The van der Waals surface area contributed by atoms with Crippen LogP contribution in [0.5, 0.6) is 0 Å². The number of nitrogens with zero attached hydrogens (tertiary/aromatic N) is 6. The highest BCUT2D eigenvalue weighted by molar-refractivity contribution is 5.79. The first kappa shape index (κ1) is 16.0. The van der Waals surface area contributed by atoms with E-state index in [1.807, 2.05) is 86.5 Å². The zero-order valence-electron chi connectivity index (χ0n) is 15.4. The standard InChI is InChI=1S/C22H17N7/c23-22(27-13-24-16-7-1-4-10-19(16)27,28-14-25-17-8-2-5-11-20(17)28)29-15-26-18-9-3-6-12-21(18)29/h1-15H,23H2. The highest BCUT2D eigenvalue weighted by Crippen LogP contribution is 2.29. The van der Waals surface area contributed by atoms with Gasteiger partial charge in [0.15, 0.2) is 0 Å². The van der Waals surface area contributed by atoms with E-state index in [2.05, 4.69) is 15.0 Å². The second kappa shape index (κ2) is 5.76. The molecule has 3 aromatic carbocycles. The topological polar surface area (TPSA) is 79.5 Å². The molecule has 0 aliphatic rings. The van der Waals surface area contributed by atoms with E-state index >= 15 is 0 Å². The molecule has 0 bridgehead atoms. The smallest absolute Gasteiger partial charge is 0.266 e. The maximum absolute atomic E-state index is 7.26. The molecule has 0 radical (unpaired) electrons. The van der Waals surface area contributed by atoms with Crippen LogP contribution < -0.4 is 5.73 Å². The van der Waals surface area contributed by atoms with Gasteiger partial charge in [-0.15, -0.1) is 0 Å². The SMILES string of the molecule is NC(n1cnc2ccccc21)(n1cnc2ccccc21)n1cnc2ccccc21. The lowest BCUT2D eigenvalue weighted by atomic mass is 10.3. The van der Waals surface area contributed by atoms with Crippen molar-refractivity contribution >= 4 is 33.1 Å². The van der Waals surface area contributed by atoms with E-state index < -0.39 is 5.91 Å². The van der Waals surface area contributed by atoms with E-state index in [0.717, 1.165) is 33.1 Å². The second-order valence-electron chi connectivity index (χ2n) is 7.00. The van der Waals surface area contributed by atoms with Gasteiger partial charge in [0.25, 0.3) is 5.91 Å². The highest BCUT2D eigenvalue weighted by Gasteiger charge is 2.35. The van der Waals surface area contributed by atoms with Crippen molar-refractivity contribution in [3.05, 3.63) is 91.8 Å². The van der Waals surface area contributed by atoms with Gasteiger partial charge in [0.05, 0.1) is 33.1 Å². The average Bonchev–Trinajstić information content (AvgIpc) is 3.49. The molecule has 3 aromatic heterocycles. The Morgan fingerprint density at radius 3 is 1.17 bits per heavy atom. The molecule has 7 nitrogen and oxygen atoms in total. The summed E-state index contributed by atoms with van der Waals surface area (Å²) < 4.78 is 5.89. The van der Waals surface area contributed by atoms with Crippen molar-refractivity contribution in [3.63, 3.8) is 0 Å². The predicted octanol–water partition coefficient (Wildman–Crippen LogP) is 3.36. The Bertz CT molecular complexity index is 1310. The van der Waals surface area contributed by atoms with Crippen LogP contribution in [0.1, 0.15) is 0 Å². The molecular weight excluding hydrogens is 362 g/mol. The number of benzene rings is 3. The van der Waals surface area contributed by atoms with Crippen LogP contribution in [-0.4, -0.2) is 28.7 Å². The molecule has 2 N–H and O–H groups in total. The molecule has 0 aliphatic carbocycles. The van der Waals surface area contributed by atoms with Crippen molar-refractivity contribution < 1.29 is 0 Å². The van der Waals surface area contributed by atoms with Crippen LogP contribution >= 0.6 is 0 Å². The zero-order valence-corrected chi connectivity index (χ0v) is 15.4. The van der Waals surface area contributed by atoms with Gasteiger partial charge in [-0.2, -0.15) is 0 Å². The van der Waals surface area contributed by atoms with Crippen molar-refractivity contribution in [2.45, 2.75) is 5.91 Å². The van der Waals surface area contributed by atoms with Gasteiger partial charge >= 0.3 is 0 Å². The molecular formula is C22H17N7. The largest absolute Gasteiger partial charge is 0.275 e. The number of nitrogens with two attached hydrogens (primary N) is 1. The van der Waals surface area contributed by atoms with Crippen molar-refractivity contribution in [1.82, 2.24) is 28.7 Å². The normalized spacial score (nSPS) is 12.3. The van der Waals surface area contributed by atoms with E-state index in [0.29, 0.717) is 0 Å². The molecule has 0 fully saturated rings. The minimum Gasteiger partial charge on any atom is -0.275 e. The molecule has 0 saturated heterocycles. The van der Waals surface area contributed by atoms with Crippen LogP contribution in [0.15, 0.2) is 91.8 Å². The summed E-state index contributed by atoms with van der Waals surface area (Å²) in [4.78, 5) is 13.7. The number of aromatic nitrogens is 6. The van der Waals surface area contributed by atoms with Gasteiger partial charge in [0.1, 0.15) is 19.0 Å². The molecule has 7 heteroatoms. The van der Waals surface area contributed by atoms with E-state index in [-0.39, 0.29) is 0 Å². The second-order valence-corrected chi connectivity index (χ2v) is 7.00. The minimum atomic E-state index is -1.18. The highest BCUT2D eigenvalue weighted by atomic mass is 15.5. The fraction of sp³-hybridized carbons (Fsp3) is 0.0455. The molecule has 0 unspecified atom stereocenters. The molecule has 6 aromatic rings. The van der Waals surface area contributed by atoms with E-state index in [1.165, 1.54) is 0 Å². The van der Waals surface area contributed by atoms with Gasteiger partial charge < -0.3 is 0 Å². The summed E-state index contributed by atoms with van der Waals surface area (Å²) in [5.74, 6) is -1.18. The van der Waals surface area contributed by atoms with E-state index in [9.17, 15) is 0 Å². The summed E-state index contributed by atoms with van der Waals surface area (Å²) in [5, 5.41) is 0. The summed E-state index contributed by atoms with van der Waals surface area (Å²) in [5.41, 5.74) is 12.6. The Kier molecular flexibility index (Phi) is 3.18. The summed E-state index contributed by atoms with van der Waals surface area (Å²) >= 11 is 0. The molecule has 140 valence electrons. The lowest BCUT2D eigenvalue weighted by Crippen LogP contribution is -2.54. The number of rotatable bonds is 3. The summed E-state index contributed by atoms with van der Waals surface area (Å²) in [6, 6.07) is 23.8. The molecule has 0 saturated carbocycles. The van der Waals surface area contributed by atoms with Crippen LogP contribution in [0, 0.1) is 0 Å². The first-order valence-corrected chi connectivity index (χ1v) is 9.33. The lowest BCUT2D eigenvalue weighted by Gasteiger charge is -2.35. The third kappa shape index (κ3) is 2.13. The predicted molar refractivity (Wildman–Crippen MR) is 112 cm³/mol. The van der Waals surface area contributed by atoms with Crippen LogP contribution in [-0.2, 0) is 5.91 Å². The Hall–Kier alpha value is -3.97. The van der Waals surface area contributed by atoms with Gasteiger partial charge in [-0.1, -0.05) is 36.4 Å². The van der Waals surface area contributed by atoms with Crippen LogP contribution in [0.4, 0.5) is 0 Å². The van der Waals surface area contributed by atoms with Crippen LogP contribution in [0.3, 0.4) is 0 Å². The molecule has 0 spiro atoms. The quantitative estimate of drug-likeness (QED) is 0.511. The fourth-order valence-electron chi connectivity index (χ4n) is 4.01. The van der Waals surface area contributed by atoms with Gasteiger partial charge in [-0.25, -0.2) is 15.0 Å². The number of para-hydroxylation sites is 6. The third-order valence-electron chi connectivity index (χ3n) is 5.42. The molecule has 0 aliphatic heterocycles. The van der Waals surface area contributed by atoms with Gasteiger partial charge in [0, 0.05) is 0 Å². The molecule has 0 amide bonds. The van der Waals surface area contributed by atoms with E-state index in [1.54, 1.807) is 19.0 Å². The van der Waals surface area contributed by atoms with Crippen molar-refractivity contribution in [2.24, 2.45) is 5.73 Å². The fourth-order valence-corrected chi connectivity index (χ4v) is 4.01. The zero-order chi connectivity index (χ0) is 19.4. The Labute approximate surface area is 165 Å². The van der Waals surface area contributed by atoms with Crippen LogP contribution in [0.25, 0.3) is 33.1 Å². The maximum atomic E-state index is 7.26. The maximum Gasteiger partial charge on any atom is 0.266 e. The first-order chi connectivity index (χ1) is 14.3. The van der Waals surface area contributed by atoms with Crippen molar-refractivity contribution in [3.8, 4) is 0 Å². The number of imidazole rings is 3. The van der Waals surface area contributed by atoms with Gasteiger partial charge in [-0.3, -0.25) is 19.4 Å². The number of fused-ring (bicyclic) bond motifs is 3. The first-order valence-electron chi connectivity index (χ1n) is 9.33. The summed E-state index contributed by atoms with van der Waals surface area (Å²) in [6.07, 6.45) is 5.32. The lowest BCUT2D eigenvalue weighted by molar-refractivity contribution is 0.205. The van der Waals surface area contributed by atoms with Crippen LogP contribution in [0.2, 0.25) is 0 Å². The molecule has 3 heterocycles. The number of hydrogen-bond donors (Lipinski definition) is 1. The van der Waals surface area contributed by atoms with E-state index in [4.69, 9.17) is 5.73 Å². The molecule has 0 atom stereocenters. The minimum absolute atomic E-state index is 0.871. The third-order valence-corrected chi connectivity index (χ3v) is 5.42. The molecule has 29 heavy (non-hydrogen) atoms. The van der Waals surface area contributed by atoms with Gasteiger partial charge in [0.2, 0.25) is 0 Å². The van der Waals surface area contributed by atoms with Crippen molar-refractivity contribution in [2.75, 3.05) is 0 Å². The van der Waals surface area contributed by atoms with Gasteiger partial charge in [-0.05, 0) is 36.4 Å². The Balaban J connectivity index is 1.76. The Morgan fingerprint density at radius 1 is 0.517 bits per heavy atom. The molecule has 6 rings (SSSR count). The summed E-state index contributed by atoms with van der Waals surface area (Å²) in [6.45, 7) is 0. The average molecular weight is 379 g/mol.